The van der Waals surface area contributed by atoms with E-state index in [1.54, 1.807) is 18.2 Å². The molecule has 98 valence electrons. The molecule has 0 aliphatic heterocycles. The van der Waals surface area contributed by atoms with Crippen molar-refractivity contribution < 1.29 is 0 Å². The van der Waals surface area contributed by atoms with Crippen molar-refractivity contribution >= 4 is 56.4 Å². The fraction of sp³-hybridized carbons (Fsp3) is 0.0833. The number of nitrogens with one attached hydrogen (secondary N) is 1. The highest BCUT2D eigenvalue weighted by molar-refractivity contribution is 9.10. The van der Waals surface area contributed by atoms with Gasteiger partial charge in [-0.05, 0) is 47.1 Å². The average molecular weight is 358 g/mol. The summed E-state index contributed by atoms with van der Waals surface area (Å²) >= 11 is 14.2. The van der Waals surface area contributed by atoms with E-state index in [9.17, 15) is 0 Å². The predicted molar refractivity (Wildman–Crippen MR) is 85.1 cm³/mol. The minimum absolute atomic E-state index is 0.240. The minimum atomic E-state index is 0.240. The molecule has 1 aromatic heterocycles. The van der Waals surface area contributed by atoms with Gasteiger partial charge in [-0.25, -0.2) is 9.97 Å². The predicted octanol–water partition coefficient (Wildman–Crippen LogP) is 3.58. The Morgan fingerprint density at radius 1 is 1.37 bits per heavy atom. The fourth-order valence-corrected chi connectivity index (χ4v) is 2.35. The van der Waals surface area contributed by atoms with Gasteiger partial charge < -0.3 is 11.1 Å². The summed E-state index contributed by atoms with van der Waals surface area (Å²) in [7, 11) is 0. The smallest absolute Gasteiger partial charge is 0.228 e. The summed E-state index contributed by atoms with van der Waals surface area (Å²) in [4.78, 5) is 8.77. The summed E-state index contributed by atoms with van der Waals surface area (Å²) in [6.07, 6.45) is 0. The van der Waals surface area contributed by atoms with Crippen molar-refractivity contribution in [3.8, 4) is 0 Å². The van der Waals surface area contributed by atoms with Gasteiger partial charge in [0.05, 0.1) is 5.69 Å². The molecule has 1 aromatic carbocycles. The second-order valence-electron chi connectivity index (χ2n) is 3.83. The number of aryl methyl sites for hydroxylation is 1. The molecule has 1 heterocycles. The minimum Gasteiger partial charge on any atom is -0.388 e. The van der Waals surface area contributed by atoms with Crippen LogP contribution in [0, 0.1) is 6.92 Å². The van der Waals surface area contributed by atoms with Crippen LogP contribution in [0.2, 0.25) is 5.02 Å². The van der Waals surface area contributed by atoms with E-state index in [0.29, 0.717) is 16.7 Å². The van der Waals surface area contributed by atoms with Crippen LogP contribution in [0.3, 0.4) is 0 Å². The first kappa shape index (κ1) is 14.2. The van der Waals surface area contributed by atoms with Crippen LogP contribution >= 0.6 is 39.7 Å². The summed E-state index contributed by atoms with van der Waals surface area (Å²) < 4.78 is 0.821. The number of thiocarbonyl (C=S) groups is 1. The van der Waals surface area contributed by atoms with Gasteiger partial charge in [-0.15, -0.1) is 0 Å². The Kier molecular flexibility index (Phi) is 4.34. The molecular formula is C12H10BrClN4S. The zero-order valence-corrected chi connectivity index (χ0v) is 13.1. The van der Waals surface area contributed by atoms with Crippen molar-refractivity contribution in [2.24, 2.45) is 5.73 Å². The van der Waals surface area contributed by atoms with E-state index in [-0.39, 0.29) is 4.99 Å². The molecule has 4 nitrogen and oxygen atoms in total. The third kappa shape index (κ3) is 3.62. The van der Waals surface area contributed by atoms with E-state index in [1.807, 2.05) is 13.0 Å². The molecule has 3 N–H and O–H groups in total. The van der Waals surface area contributed by atoms with Gasteiger partial charge in [0.25, 0.3) is 0 Å². The topological polar surface area (TPSA) is 63.8 Å². The first-order chi connectivity index (χ1) is 8.95. The van der Waals surface area contributed by atoms with Gasteiger partial charge in [-0.3, -0.25) is 0 Å². The van der Waals surface area contributed by atoms with Gasteiger partial charge in [-0.1, -0.05) is 23.8 Å². The van der Waals surface area contributed by atoms with Gasteiger partial charge in [-0.2, -0.15) is 0 Å². The number of rotatable bonds is 3. The zero-order valence-electron chi connectivity index (χ0n) is 9.95. The van der Waals surface area contributed by atoms with Crippen molar-refractivity contribution in [1.82, 2.24) is 9.97 Å². The number of halogens is 2. The lowest BCUT2D eigenvalue weighted by molar-refractivity contribution is 1.09. The third-order valence-electron chi connectivity index (χ3n) is 2.28. The van der Waals surface area contributed by atoms with Gasteiger partial charge in [0.15, 0.2) is 0 Å². The molecule has 0 atom stereocenters. The second-order valence-corrected chi connectivity index (χ2v) is 5.56. The quantitative estimate of drug-likeness (QED) is 0.822. The van der Waals surface area contributed by atoms with Crippen LogP contribution in [0.5, 0.6) is 0 Å². The van der Waals surface area contributed by atoms with Crippen LogP contribution in [0.25, 0.3) is 0 Å². The number of aromatic nitrogens is 2. The summed E-state index contributed by atoms with van der Waals surface area (Å²) in [6, 6.07) is 7.13. The van der Waals surface area contributed by atoms with E-state index >= 15 is 0 Å². The Labute approximate surface area is 129 Å². The van der Waals surface area contributed by atoms with Gasteiger partial charge in [0.1, 0.15) is 10.7 Å². The van der Waals surface area contributed by atoms with E-state index in [4.69, 9.17) is 29.6 Å². The molecule has 0 bridgehead atoms. The molecule has 0 aliphatic carbocycles. The lowest BCUT2D eigenvalue weighted by Gasteiger charge is -2.09. The Bertz CT molecular complexity index is 648. The van der Waals surface area contributed by atoms with Crippen LogP contribution < -0.4 is 11.1 Å². The second kappa shape index (κ2) is 5.81. The Balaban J connectivity index is 2.35. The maximum Gasteiger partial charge on any atom is 0.228 e. The molecule has 0 fully saturated rings. The van der Waals surface area contributed by atoms with Gasteiger partial charge in [0.2, 0.25) is 5.95 Å². The molecule has 19 heavy (non-hydrogen) atoms. The van der Waals surface area contributed by atoms with E-state index in [1.165, 1.54) is 0 Å². The summed E-state index contributed by atoms with van der Waals surface area (Å²) in [5.74, 6) is 0.436. The van der Waals surface area contributed by atoms with E-state index in [0.717, 1.165) is 15.9 Å². The van der Waals surface area contributed by atoms with Gasteiger partial charge in [0, 0.05) is 15.2 Å². The normalized spacial score (nSPS) is 10.3. The molecule has 0 unspecified atom stereocenters. The number of benzene rings is 1. The number of hydrogen-bond acceptors (Lipinski definition) is 4. The van der Waals surface area contributed by atoms with Crippen LogP contribution in [0.15, 0.2) is 28.7 Å². The Hall–Kier alpha value is -1.24. The molecule has 0 aliphatic rings. The average Bonchev–Trinajstić information content (AvgIpc) is 2.32. The first-order valence-corrected chi connectivity index (χ1v) is 6.91. The lowest BCUT2D eigenvalue weighted by atomic mass is 10.3. The number of nitrogens with zero attached hydrogens (tertiary/aromatic N) is 2. The molecule has 0 saturated heterocycles. The Morgan fingerprint density at radius 2 is 2.11 bits per heavy atom. The molecule has 7 heteroatoms. The fourth-order valence-electron chi connectivity index (χ4n) is 1.46. The number of hydrogen-bond donors (Lipinski definition) is 2. The summed E-state index contributed by atoms with van der Waals surface area (Å²) in [5.41, 5.74) is 7.71. The molecule has 0 saturated carbocycles. The van der Waals surface area contributed by atoms with Crippen molar-refractivity contribution in [2.75, 3.05) is 5.32 Å². The number of nitrogens with two attached hydrogens (primary N) is 1. The van der Waals surface area contributed by atoms with Crippen LogP contribution in [-0.2, 0) is 0 Å². The highest BCUT2D eigenvalue weighted by Crippen LogP contribution is 2.27. The summed E-state index contributed by atoms with van der Waals surface area (Å²) in [6.45, 7) is 1.85. The summed E-state index contributed by atoms with van der Waals surface area (Å²) in [5, 5.41) is 3.74. The molecular weight excluding hydrogens is 348 g/mol. The molecule has 0 spiro atoms. The van der Waals surface area contributed by atoms with Crippen molar-refractivity contribution in [1.29, 1.82) is 0 Å². The number of anilines is 2. The van der Waals surface area contributed by atoms with E-state index in [2.05, 4.69) is 31.2 Å². The zero-order chi connectivity index (χ0) is 14.0. The monoisotopic (exact) mass is 356 g/mol. The van der Waals surface area contributed by atoms with Crippen molar-refractivity contribution in [3.05, 3.63) is 45.1 Å². The van der Waals surface area contributed by atoms with Gasteiger partial charge >= 0.3 is 0 Å². The van der Waals surface area contributed by atoms with Crippen molar-refractivity contribution in [3.63, 3.8) is 0 Å². The highest BCUT2D eigenvalue weighted by atomic mass is 79.9. The van der Waals surface area contributed by atoms with Crippen LogP contribution in [0.1, 0.15) is 11.4 Å². The SMILES string of the molecule is Cc1cc(C(N)=S)nc(Nc2ccc(Cl)cc2Br)n1. The standard InChI is InChI=1S/C12H10BrClN4S/c1-6-4-10(11(15)19)18-12(16-6)17-9-3-2-7(14)5-8(9)13/h2-5H,1H3,(H2,15,19)(H,16,17,18). The largest absolute Gasteiger partial charge is 0.388 e. The molecule has 2 aromatic rings. The Morgan fingerprint density at radius 3 is 2.74 bits per heavy atom. The lowest BCUT2D eigenvalue weighted by Crippen LogP contribution is -2.13. The molecule has 2 rings (SSSR count). The first-order valence-electron chi connectivity index (χ1n) is 5.33. The third-order valence-corrected chi connectivity index (χ3v) is 3.38. The molecule has 0 amide bonds. The van der Waals surface area contributed by atoms with Crippen LogP contribution in [-0.4, -0.2) is 15.0 Å². The van der Waals surface area contributed by atoms with Crippen molar-refractivity contribution in [2.45, 2.75) is 6.92 Å². The highest BCUT2D eigenvalue weighted by Gasteiger charge is 2.07. The van der Waals surface area contributed by atoms with Crippen LogP contribution in [0.4, 0.5) is 11.6 Å². The molecule has 0 radical (unpaired) electrons. The maximum absolute atomic E-state index is 5.89. The van der Waals surface area contributed by atoms with E-state index < -0.39 is 0 Å². The maximum atomic E-state index is 5.89.